The van der Waals surface area contributed by atoms with Crippen LogP contribution in [0, 0.1) is 0 Å². The summed E-state index contributed by atoms with van der Waals surface area (Å²) >= 11 is 0. The lowest BCUT2D eigenvalue weighted by atomic mass is 10.1. The fraction of sp³-hybridized carbons (Fsp3) is 0.240. The molecule has 0 aliphatic heterocycles. The topological polar surface area (TPSA) is 116 Å². The summed E-state index contributed by atoms with van der Waals surface area (Å²) in [6.45, 7) is 3.35. The summed E-state index contributed by atoms with van der Waals surface area (Å²) in [5, 5.41) is 22.1. The zero-order valence-electron chi connectivity index (χ0n) is 18.9. The number of ether oxygens (including phenoxy) is 1. The Balaban J connectivity index is 1.26. The molecule has 3 aromatic carbocycles. The van der Waals surface area contributed by atoms with E-state index in [0.717, 1.165) is 28.8 Å². The highest BCUT2D eigenvalue weighted by Crippen LogP contribution is 2.22. The smallest absolute Gasteiger partial charge is 0.261 e. The third kappa shape index (κ3) is 5.74. The summed E-state index contributed by atoms with van der Waals surface area (Å²) in [4.78, 5) is 0.180. The lowest BCUT2D eigenvalue weighted by Gasteiger charge is -2.15. The van der Waals surface area contributed by atoms with Gasteiger partial charge in [0.05, 0.1) is 16.5 Å². The minimum absolute atomic E-state index is 0.180. The van der Waals surface area contributed by atoms with Crippen LogP contribution in [0.2, 0.25) is 0 Å². The number of nitrogens with one attached hydrogen (secondary N) is 3. The number of aliphatic hydroxyl groups is 1. The predicted octanol–water partition coefficient (Wildman–Crippen LogP) is 3.63. The highest BCUT2D eigenvalue weighted by atomic mass is 32.2. The Morgan fingerprint density at radius 2 is 1.88 bits per heavy atom. The van der Waals surface area contributed by atoms with Gasteiger partial charge in [0.15, 0.2) is 0 Å². The van der Waals surface area contributed by atoms with Crippen LogP contribution in [0.25, 0.3) is 10.9 Å². The molecule has 0 amide bonds. The van der Waals surface area contributed by atoms with Crippen molar-refractivity contribution in [2.24, 2.45) is 0 Å². The molecule has 0 spiro atoms. The van der Waals surface area contributed by atoms with Gasteiger partial charge >= 0.3 is 0 Å². The maximum absolute atomic E-state index is 12.5. The monoisotopic (exact) mass is 480 g/mol. The molecule has 9 heteroatoms. The zero-order valence-corrected chi connectivity index (χ0v) is 19.7. The number of aryl methyl sites for hydroxylation is 1. The van der Waals surface area contributed by atoms with E-state index in [4.69, 9.17) is 4.74 Å². The molecule has 0 unspecified atom stereocenters. The van der Waals surface area contributed by atoms with E-state index in [1.807, 2.05) is 18.2 Å². The number of rotatable bonds is 11. The fourth-order valence-electron chi connectivity index (χ4n) is 3.63. The van der Waals surface area contributed by atoms with E-state index < -0.39 is 16.1 Å². The summed E-state index contributed by atoms with van der Waals surface area (Å²) in [6, 6.07) is 20.7. The Morgan fingerprint density at radius 3 is 2.68 bits per heavy atom. The van der Waals surface area contributed by atoms with Gasteiger partial charge in [-0.3, -0.25) is 9.82 Å². The molecule has 34 heavy (non-hydrogen) atoms. The number of anilines is 1. The molecule has 8 nitrogen and oxygen atoms in total. The number of hydrogen-bond acceptors (Lipinski definition) is 6. The molecule has 1 aromatic heterocycles. The van der Waals surface area contributed by atoms with Crippen LogP contribution in [0.4, 0.5) is 5.69 Å². The van der Waals surface area contributed by atoms with Crippen LogP contribution in [0.5, 0.6) is 5.75 Å². The Labute approximate surface area is 199 Å². The van der Waals surface area contributed by atoms with Crippen LogP contribution in [0.3, 0.4) is 0 Å². The van der Waals surface area contributed by atoms with Gasteiger partial charge in [0, 0.05) is 35.9 Å². The third-order valence-electron chi connectivity index (χ3n) is 5.42. The van der Waals surface area contributed by atoms with Crippen LogP contribution in [-0.4, -0.2) is 43.4 Å². The van der Waals surface area contributed by atoms with Gasteiger partial charge in [0.25, 0.3) is 10.0 Å². The fourth-order valence-corrected chi connectivity index (χ4v) is 4.70. The van der Waals surface area contributed by atoms with Gasteiger partial charge in [-0.15, -0.1) is 0 Å². The first kappa shape index (κ1) is 23.7. The highest BCUT2D eigenvalue weighted by molar-refractivity contribution is 7.92. The largest absolute Gasteiger partial charge is 0.492 e. The van der Waals surface area contributed by atoms with Crippen molar-refractivity contribution in [3.05, 3.63) is 84.1 Å². The second kappa shape index (κ2) is 10.7. The minimum atomic E-state index is -3.69. The molecule has 0 aliphatic carbocycles. The Hall–Kier alpha value is -3.40. The van der Waals surface area contributed by atoms with Crippen molar-refractivity contribution in [3.8, 4) is 5.75 Å². The van der Waals surface area contributed by atoms with Crippen molar-refractivity contribution >= 4 is 26.6 Å². The number of aromatic amines is 1. The van der Waals surface area contributed by atoms with Crippen molar-refractivity contribution in [1.82, 2.24) is 15.5 Å². The maximum atomic E-state index is 12.5. The van der Waals surface area contributed by atoms with Gasteiger partial charge in [-0.05, 0) is 48.4 Å². The molecule has 0 fully saturated rings. The molecular weight excluding hydrogens is 452 g/mol. The Morgan fingerprint density at radius 1 is 1.06 bits per heavy atom. The maximum Gasteiger partial charge on any atom is 0.261 e. The van der Waals surface area contributed by atoms with E-state index in [1.54, 1.807) is 42.5 Å². The van der Waals surface area contributed by atoms with E-state index in [1.165, 1.54) is 12.1 Å². The molecule has 0 saturated heterocycles. The first-order chi connectivity index (χ1) is 16.5. The first-order valence-electron chi connectivity index (χ1n) is 11.1. The van der Waals surface area contributed by atoms with Gasteiger partial charge in [-0.25, -0.2) is 8.42 Å². The van der Waals surface area contributed by atoms with Gasteiger partial charge < -0.3 is 15.2 Å². The summed E-state index contributed by atoms with van der Waals surface area (Å²) < 4.78 is 33.4. The number of nitrogens with zero attached hydrogens (tertiary/aromatic N) is 1. The summed E-state index contributed by atoms with van der Waals surface area (Å²) in [5.74, 6) is 0.738. The van der Waals surface area contributed by atoms with Crippen LogP contribution in [-0.2, 0) is 16.4 Å². The molecular formula is C25H28N4O4S. The van der Waals surface area contributed by atoms with Gasteiger partial charge in [-0.1, -0.05) is 37.3 Å². The minimum Gasteiger partial charge on any atom is -0.492 e. The number of sulfonamides is 1. The predicted molar refractivity (Wildman–Crippen MR) is 132 cm³/mol. The van der Waals surface area contributed by atoms with Crippen molar-refractivity contribution in [3.63, 3.8) is 0 Å². The van der Waals surface area contributed by atoms with Crippen LogP contribution in [0.1, 0.15) is 24.3 Å². The van der Waals surface area contributed by atoms with Gasteiger partial charge in [0.1, 0.15) is 12.4 Å². The van der Waals surface area contributed by atoms with Crippen LogP contribution < -0.4 is 14.8 Å². The van der Waals surface area contributed by atoms with E-state index in [-0.39, 0.29) is 4.90 Å². The highest BCUT2D eigenvalue weighted by Gasteiger charge is 2.15. The number of hydrogen-bond donors (Lipinski definition) is 4. The molecule has 1 heterocycles. The summed E-state index contributed by atoms with van der Waals surface area (Å²) in [7, 11) is -3.69. The van der Waals surface area contributed by atoms with Crippen molar-refractivity contribution in [2.45, 2.75) is 24.3 Å². The standard InChI is InChI=1S/C25H28N4O4S/c1-2-23-22-12-11-20(16-24(22)28-27-23)33-14-13-26-17-25(30)18-7-6-8-19(15-18)29-34(31,32)21-9-4-3-5-10-21/h3-12,15-16,25-26,29-30H,2,13-14,17H2,1H3,(H,27,28)/t25-/m0/s1. The molecule has 178 valence electrons. The molecule has 0 aliphatic rings. The molecule has 0 bridgehead atoms. The van der Waals surface area contributed by atoms with Crippen LogP contribution >= 0.6 is 0 Å². The first-order valence-corrected chi connectivity index (χ1v) is 12.6. The number of aliphatic hydroxyl groups excluding tert-OH is 1. The molecule has 4 rings (SSSR count). The summed E-state index contributed by atoms with van der Waals surface area (Å²) in [6.07, 6.45) is 0.0964. The average Bonchev–Trinajstić information content (AvgIpc) is 3.26. The van der Waals surface area contributed by atoms with E-state index in [2.05, 4.69) is 27.2 Å². The second-order valence-corrected chi connectivity index (χ2v) is 9.53. The molecule has 4 aromatic rings. The molecule has 4 N–H and O–H groups in total. The van der Waals surface area contributed by atoms with Gasteiger partial charge in [0.2, 0.25) is 0 Å². The second-order valence-electron chi connectivity index (χ2n) is 7.85. The Bertz CT molecular complexity index is 1340. The lowest BCUT2D eigenvalue weighted by molar-refractivity contribution is 0.172. The number of aromatic nitrogens is 2. The van der Waals surface area contributed by atoms with Crippen molar-refractivity contribution < 1.29 is 18.3 Å². The van der Waals surface area contributed by atoms with E-state index in [0.29, 0.717) is 30.9 Å². The third-order valence-corrected chi connectivity index (χ3v) is 6.82. The van der Waals surface area contributed by atoms with Gasteiger partial charge in [-0.2, -0.15) is 5.10 Å². The SMILES string of the molecule is CCc1[nH]nc2cc(OCCNC[C@H](O)c3cccc(NS(=O)(=O)c4ccccc4)c3)ccc12. The Kier molecular flexibility index (Phi) is 7.46. The molecule has 0 radical (unpaired) electrons. The quantitative estimate of drug-likeness (QED) is 0.244. The molecule has 0 saturated carbocycles. The lowest BCUT2D eigenvalue weighted by Crippen LogP contribution is -2.26. The van der Waals surface area contributed by atoms with Crippen molar-refractivity contribution in [2.75, 3.05) is 24.4 Å². The van der Waals surface area contributed by atoms with Crippen molar-refractivity contribution in [1.29, 1.82) is 0 Å². The normalized spacial score (nSPS) is 12.5. The number of fused-ring (bicyclic) bond motifs is 1. The van der Waals surface area contributed by atoms with E-state index in [9.17, 15) is 13.5 Å². The number of benzene rings is 3. The van der Waals surface area contributed by atoms with E-state index >= 15 is 0 Å². The van der Waals surface area contributed by atoms with Crippen LogP contribution in [0.15, 0.2) is 77.7 Å². The number of H-pyrrole nitrogens is 1. The average molecular weight is 481 g/mol. The summed E-state index contributed by atoms with van der Waals surface area (Å²) in [5.41, 5.74) is 2.98. The zero-order chi connectivity index (χ0) is 24.0. The molecule has 1 atom stereocenters.